The summed E-state index contributed by atoms with van der Waals surface area (Å²) in [6, 6.07) is 1.80. The number of aromatic nitrogens is 2. The van der Waals surface area contributed by atoms with Crippen molar-refractivity contribution < 1.29 is 9.53 Å². The average molecular weight is 249 g/mol. The van der Waals surface area contributed by atoms with Gasteiger partial charge in [-0.1, -0.05) is 0 Å². The fourth-order valence-electron chi connectivity index (χ4n) is 1.98. The molecular formula is C13H19N3O2. The highest BCUT2D eigenvalue weighted by atomic mass is 16.6. The molecule has 0 aliphatic carbocycles. The quantitative estimate of drug-likeness (QED) is 0.765. The van der Waals surface area contributed by atoms with Crippen molar-refractivity contribution in [2.75, 3.05) is 13.1 Å². The van der Waals surface area contributed by atoms with E-state index < -0.39 is 5.60 Å². The van der Waals surface area contributed by atoms with Crippen LogP contribution in [0, 0.1) is 0 Å². The van der Waals surface area contributed by atoms with Crippen molar-refractivity contribution in [3.63, 3.8) is 0 Å². The summed E-state index contributed by atoms with van der Waals surface area (Å²) in [5.74, 6) is 1.03. The van der Waals surface area contributed by atoms with Crippen molar-refractivity contribution in [1.29, 1.82) is 0 Å². The number of hydrogen-bond donors (Lipinski definition) is 0. The van der Waals surface area contributed by atoms with Gasteiger partial charge in [-0.15, -0.1) is 0 Å². The van der Waals surface area contributed by atoms with Gasteiger partial charge < -0.3 is 9.64 Å². The third-order valence-electron chi connectivity index (χ3n) is 2.79. The van der Waals surface area contributed by atoms with Gasteiger partial charge in [0.25, 0.3) is 0 Å². The second kappa shape index (κ2) is 4.92. The van der Waals surface area contributed by atoms with Gasteiger partial charge in [-0.05, 0) is 33.3 Å². The first-order valence-electron chi connectivity index (χ1n) is 6.20. The van der Waals surface area contributed by atoms with Crippen LogP contribution in [0.3, 0.4) is 0 Å². The number of carbonyl (C=O) groups excluding carboxylic acids is 1. The summed E-state index contributed by atoms with van der Waals surface area (Å²) in [7, 11) is 0. The van der Waals surface area contributed by atoms with E-state index in [0.29, 0.717) is 13.1 Å². The summed E-state index contributed by atoms with van der Waals surface area (Å²) in [5.41, 5.74) is -0.446. The van der Waals surface area contributed by atoms with Crippen LogP contribution in [0.4, 0.5) is 4.79 Å². The third-order valence-corrected chi connectivity index (χ3v) is 2.79. The zero-order chi connectivity index (χ0) is 13.2. The van der Waals surface area contributed by atoms with E-state index in [1.807, 2.05) is 20.8 Å². The molecule has 18 heavy (non-hydrogen) atoms. The monoisotopic (exact) mass is 249 g/mol. The largest absolute Gasteiger partial charge is 0.444 e. The molecule has 0 bridgehead atoms. The van der Waals surface area contributed by atoms with Gasteiger partial charge in [0.05, 0.1) is 0 Å². The molecule has 5 heteroatoms. The molecule has 1 saturated heterocycles. The van der Waals surface area contributed by atoms with Crippen LogP contribution in [0.25, 0.3) is 0 Å². The first-order valence-corrected chi connectivity index (χ1v) is 6.20. The Bertz CT molecular complexity index is 414. The molecule has 0 spiro atoms. The summed E-state index contributed by atoms with van der Waals surface area (Å²) in [4.78, 5) is 22.1. The smallest absolute Gasteiger partial charge is 0.410 e. The fraction of sp³-hybridized carbons (Fsp3) is 0.615. The summed E-state index contributed by atoms with van der Waals surface area (Å²) in [6.07, 6.45) is 4.11. The topological polar surface area (TPSA) is 55.3 Å². The predicted molar refractivity (Wildman–Crippen MR) is 67.2 cm³/mol. The van der Waals surface area contributed by atoms with Gasteiger partial charge >= 0.3 is 6.09 Å². The lowest BCUT2D eigenvalue weighted by Crippen LogP contribution is -2.35. The molecule has 1 atom stereocenters. The summed E-state index contributed by atoms with van der Waals surface area (Å²) in [6.45, 7) is 6.97. The second-order valence-corrected chi connectivity index (χ2v) is 5.52. The molecule has 1 fully saturated rings. The van der Waals surface area contributed by atoms with Gasteiger partial charge in [0.1, 0.15) is 11.4 Å². The van der Waals surface area contributed by atoms with Gasteiger partial charge in [-0.2, -0.15) is 0 Å². The maximum atomic E-state index is 11.9. The number of hydrogen-bond acceptors (Lipinski definition) is 4. The lowest BCUT2D eigenvalue weighted by Gasteiger charge is -2.24. The van der Waals surface area contributed by atoms with Crippen molar-refractivity contribution in [1.82, 2.24) is 14.9 Å². The molecule has 0 saturated carbocycles. The fourth-order valence-corrected chi connectivity index (χ4v) is 1.98. The highest BCUT2D eigenvalue weighted by Gasteiger charge is 2.31. The zero-order valence-electron chi connectivity index (χ0n) is 11.1. The molecule has 0 N–H and O–H groups in total. The first kappa shape index (κ1) is 12.8. The number of amides is 1. The minimum atomic E-state index is -0.446. The van der Waals surface area contributed by atoms with E-state index in [4.69, 9.17) is 4.74 Å². The number of carbonyl (C=O) groups is 1. The molecule has 1 aliphatic heterocycles. The van der Waals surface area contributed by atoms with Gasteiger partial charge in [-0.3, -0.25) is 0 Å². The summed E-state index contributed by atoms with van der Waals surface area (Å²) >= 11 is 0. The third kappa shape index (κ3) is 3.18. The molecule has 2 rings (SSSR count). The van der Waals surface area contributed by atoms with Crippen molar-refractivity contribution in [3.8, 4) is 0 Å². The molecule has 98 valence electrons. The predicted octanol–water partition coefficient (Wildman–Crippen LogP) is 2.20. The summed E-state index contributed by atoms with van der Waals surface area (Å²) in [5, 5.41) is 0. The maximum Gasteiger partial charge on any atom is 0.410 e. The van der Waals surface area contributed by atoms with E-state index >= 15 is 0 Å². The van der Waals surface area contributed by atoms with Crippen molar-refractivity contribution >= 4 is 6.09 Å². The molecule has 0 aromatic carbocycles. The first-order chi connectivity index (χ1) is 8.46. The van der Waals surface area contributed by atoms with Crippen LogP contribution in [-0.4, -0.2) is 39.7 Å². The minimum absolute atomic E-state index is 0.221. The van der Waals surface area contributed by atoms with Crippen molar-refractivity contribution in [2.45, 2.75) is 38.7 Å². The average Bonchev–Trinajstić information content (AvgIpc) is 2.77. The van der Waals surface area contributed by atoms with Gasteiger partial charge in [-0.25, -0.2) is 14.8 Å². The molecule has 1 amide bonds. The van der Waals surface area contributed by atoms with Gasteiger partial charge in [0, 0.05) is 31.4 Å². The molecule has 1 unspecified atom stereocenters. The molecule has 5 nitrogen and oxygen atoms in total. The molecular weight excluding hydrogens is 230 g/mol. The molecule has 1 aromatic heterocycles. The van der Waals surface area contributed by atoms with E-state index in [-0.39, 0.29) is 12.0 Å². The van der Waals surface area contributed by atoms with Crippen LogP contribution in [0.1, 0.15) is 38.9 Å². The Morgan fingerprint density at radius 1 is 1.39 bits per heavy atom. The Balaban J connectivity index is 1.95. The normalized spacial score (nSPS) is 19.9. The minimum Gasteiger partial charge on any atom is -0.444 e. The van der Waals surface area contributed by atoms with Crippen LogP contribution in [0.5, 0.6) is 0 Å². The SMILES string of the molecule is CC(C)(C)OC(=O)N1CCC(c2ncccn2)C1. The number of ether oxygens (including phenoxy) is 1. The molecule has 0 radical (unpaired) electrons. The number of nitrogens with zero attached hydrogens (tertiary/aromatic N) is 3. The van der Waals surface area contributed by atoms with Crippen LogP contribution in [0.15, 0.2) is 18.5 Å². The Hall–Kier alpha value is -1.65. The van der Waals surface area contributed by atoms with E-state index in [9.17, 15) is 4.79 Å². The Labute approximate surface area is 107 Å². The van der Waals surface area contributed by atoms with E-state index in [1.54, 1.807) is 23.4 Å². The van der Waals surface area contributed by atoms with Crippen molar-refractivity contribution in [2.24, 2.45) is 0 Å². The van der Waals surface area contributed by atoms with Crippen LogP contribution >= 0.6 is 0 Å². The lowest BCUT2D eigenvalue weighted by atomic mass is 10.1. The van der Waals surface area contributed by atoms with E-state index in [2.05, 4.69) is 9.97 Å². The van der Waals surface area contributed by atoms with E-state index in [1.165, 1.54) is 0 Å². The highest BCUT2D eigenvalue weighted by molar-refractivity contribution is 5.68. The Morgan fingerprint density at radius 3 is 2.67 bits per heavy atom. The lowest BCUT2D eigenvalue weighted by molar-refractivity contribution is 0.0292. The number of likely N-dealkylation sites (tertiary alicyclic amines) is 1. The van der Waals surface area contributed by atoms with Gasteiger partial charge in [0.15, 0.2) is 0 Å². The number of rotatable bonds is 1. The van der Waals surface area contributed by atoms with Crippen LogP contribution < -0.4 is 0 Å². The Morgan fingerprint density at radius 2 is 2.06 bits per heavy atom. The standard InChI is InChI=1S/C13H19N3O2/c1-13(2,3)18-12(17)16-8-5-10(9-16)11-14-6-4-7-15-11/h4,6-7,10H,5,8-9H2,1-3H3. The van der Waals surface area contributed by atoms with Crippen LogP contribution in [0.2, 0.25) is 0 Å². The second-order valence-electron chi connectivity index (χ2n) is 5.52. The van der Waals surface area contributed by atoms with Gasteiger partial charge in [0.2, 0.25) is 0 Å². The molecule has 1 aromatic rings. The maximum absolute atomic E-state index is 11.9. The summed E-state index contributed by atoms with van der Waals surface area (Å²) < 4.78 is 5.35. The van der Waals surface area contributed by atoms with E-state index in [0.717, 1.165) is 12.2 Å². The highest BCUT2D eigenvalue weighted by Crippen LogP contribution is 2.25. The molecule has 2 heterocycles. The zero-order valence-corrected chi connectivity index (χ0v) is 11.1. The van der Waals surface area contributed by atoms with Crippen LogP contribution in [-0.2, 0) is 4.74 Å². The molecule has 1 aliphatic rings. The van der Waals surface area contributed by atoms with Crippen molar-refractivity contribution in [3.05, 3.63) is 24.3 Å². The Kier molecular flexibility index (Phi) is 3.50.